The van der Waals surface area contributed by atoms with E-state index in [0.717, 1.165) is 11.3 Å². The van der Waals surface area contributed by atoms with Crippen molar-refractivity contribution in [1.29, 1.82) is 0 Å². The molecular weight excluding hydrogens is 438 g/mol. The summed E-state index contributed by atoms with van der Waals surface area (Å²) in [6.45, 7) is 0.657. The van der Waals surface area contributed by atoms with Crippen LogP contribution in [-0.2, 0) is 14.3 Å². The first-order valence-electron chi connectivity index (χ1n) is 11.1. The third kappa shape index (κ3) is 3.31. The molecule has 2 aromatic rings. The second-order valence-electron chi connectivity index (χ2n) is 8.65. The van der Waals surface area contributed by atoms with Crippen LogP contribution in [0.2, 0.25) is 0 Å². The van der Waals surface area contributed by atoms with Crippen LogP contribution >= 0.6 is 0 Å². The van der Waals surface area contributed by atoms with Crippen molar-refractivity contribution in [3.8, 4) is 0 Å². The van der Waals surface area contributed by atoms with E-state index in [-0.39, 0.29) is 35.4 Å². The smallest absolute Gasteiger partial charge is 0.269 e. The number of nitro benzene ring substituents is 1. The van der Waals surface area contributed by atoms with Crippen molar-refractivity contribution in [1.82, 2.24) is 4.90 Å². The van der Waals surface area contributed by atoms with Gasteiger partial charge in [-0.3, -0.25) is 29.4 Å². The number of amides is 2. The number of para-hydroxylation sites is 1. The Labute approximate surface area is 195 Å². The number of Topliss-reactive ketones (excluding diaryl/α,β-unsaturated/α-hetero) is 1. The van der Waals surface area contributed by atoms with Gasteiger partial charge in [0.25, 0.3) is 5.69 Å². The summed E-state index contributed by atoms with van der Waals surface area (Å²) in [6, 6.07) is 11.6. The third-order valence-corrected chi connectivity index (χ3v) is 6.87. The number of hydrogen-bond donors (Lipinski definition) is 0. The molecule has 0 radical (unpaired) electrons. The fraction of sp³-hybridized carbons (Fsp3) is 0.320. The molecule has 4 atom stereocenters. The number of rotatable bonds is 7. The molecule has 174 valence electrons. The first-order valence-corrected chi connectivity index (χ1v) is 11.1. The van der Waals surface area contributed by atoms with Gasteiger partial charge in [-0.25, -0.2) is 0 Å². The number of methoxy groups -OCH3 is 1. The summed E-state index contributed by atoms with van der Waals surface area (Å²) >= 11 is 0. The summed E-state index contributed by atoms with van der Waals surface area (Å²) in [5.41, 5.74) is 1.83. The highest BCUT2D eigenvalue weighted by Gasteiger charge is 2.63. The SMILES string of the molecule is COCCCN1C(=O)[C@@H]2[C@H](C1=O)[C@H](C(=O)c1ccc([N+](=O)[O-])cc1)N1c3ccccc3C=C[C@H]21. The van der Waals surface area contributed by atoms with Crippen molar-refractivity contribution >= 4 is 35.0 Å². The van der Waals surface area contributed by atoms with Crippen LogP contribution in [0.1, 0.15) is 22.3 Å². The molecule has 0 bridgehead atoms. The van der Waals surface area contributed by atoms with Gasteiger partial charge in [0.2, 0.25) is 11.8 Å². The van der Waals surface area contributed by atoms with Gasteiger partial charge >= 0.3 is 0 Å². The number of non-ortho nitro benzene ring substituents is 1. The van der Waals surface area contributed by atoms with Crippen LogP contribution in [0.25, 0.3) is 6.08 Å². The lowest BCUT2D eigenvalue weighted by Crippen LogP contribution is -2.48. The Morgan fingerprint density at radius 2 is 1.76 bits per heavy atom. The summed E-state index contributed by atoms with van der Waals surface area (Å²) in [7, 11) is 1.56. The zero-order chi connectivity index (χ0) is 24.0. The third-order valence-electron chi connectivity index (χ3n) is 6.87. The topological polar surface area (TPSA) is 110 Å². The Hall–Kier alpha value is -3.85. The molecule has 3 aliphatic rings. The molecule has 9 heteroatoms. The zero-order valence-electron chi connectivity index (χ0n) is 18.5. The first kappa shape index (κ1) is 22.0. The minimum absolute atomic E-state index is 0.124. The number of ketones is 1. The highest BCUT2D eigenvalue weighted by molar-refractivity contribution is 6.14. The van der Waals surface area contributed by atoms with E-state index in [0.29, 0.717) is 13.0 Å². The zero-order valence-corrected chi connectivity index (χ0v) is 18.5. The summed E-state index contributed by atoms with van der Waals surface area (Å²) in [5.74, 6) is -2.47. The second-order valence-corrected chi connectivity index (χ2v) is 8.65. The van der Waals surface area contributed by atoms with Gasteiger partial charge < -0.3 is 9.64 Å². The molecule has 0 saturated carbocycles. The molecule has 0 aromatic heterocycles. The maximum Gasteiger partial charge on any atom is 0.269 e. The molecule has 0 aliphatic carbocycles. The van der Waals surface area contributed by atoms with E-state index in [1.807, 2.05) is 41.3 Å². The molecule has 0 N–H and O–H groups in total. The normalized spacial score (nSPS) is 24.7. The number of anilines is 1. The molecule has 2 saturated heterocycles. The Kier molecular flexibility index (Phi) is 5.49. The number of nitrogens with zero attached hydrogens (tertiary/aromatic N) is 3. The van der Waals surface area contributed by atoms with E-state index in [2.05, 4.69) is 0 Å². The van der Waals surface area contributed by atoms with E-state index >= 15 is 0 Å². The minimum Gasteiger partial charge on any atom is -0.385 e. The Morgan fingerprint density at radius 3 is 2.47 bits per heavy atom. The van der Waals surface area contributed by atoms with Crippen molar-refractivity contribution in [2.45, 2.75) is 18.5 Å². The van der Waals surface area contributed by atoms with E-state index in [1.165, 1.54) is 29.2 Å². The summed E-state index contributed by atoms with van der Waals surface area (Å²) in [6.07, 6.45) is 4.34. The fourth-order valence-electron chi connectivity index (χ4n) is 5.38. The molecular formula is C25H23N3O6. The molecule has 2 amide bonds. The number of hydrogen-bond acceptors (Lipinski definition) is 7. The van der Waals surface area contributed by atoms with E-state index in [9.17, 15) is 24.5 Å². The summed E-state index contributed by atoms with van der Waals surface area (Å²) in [5, 5.41) is 11.0. The number of carbonyl (C=O) groups is 3. The van der Waals surface area contributed by atoms with Crippen LogP contribution in [0.4, 0.5) is 11.4 Å². The van der Waals surface area contributed by atoms with E-state index < -0.39 is 28.8 Å². The number of carbonyl (C=O) groups excluding carboxylic acids is 3. The Bertz CT molecular complexity index is 1210. The van der Waals surface area contributed by atoms with E-state index in [4.69, 9.17) is 4.74 Å². The second kappa shape index (κ2) is 8.49. The average Bonchev–Trinajstić information content (AvgIpc) is 3.32. The Balaban J connectivity index is 1.57. The lowest BCUT2D eigenvalue weighted by molar-refractivity contribution is -0.384. The number of nitro groups is 1. The fourth-order valence-corrected chi connectivity index (χ4v) is 5.38. The van der Waals surface area contributed by atoms with Crippen LogP contribution in [0.5, 0.6) is 0 Å². The summed E-state index contributed by atoms with van der Waals surface area (Å²) in [4.78, 5) is 54.4. The van der Waals surface area contributed by atoms with Crippen LogP contribution in [0.3, 0.4) is 0 Å². The van der Waals surface area contributed by atoms with Crippen molar-refractivity contribution in [3.05, 3.63) is 75.8 Å². The van der Waals surface area contributed by atoms with Gasteiger partial charge in [0, 0.05) is 43.6 Å². The first-order chi connectivity index (χ1) is 16.4. The van der Waals surface area contributed by atoms with Crippen LogP contribution in [-0.4, -0.2) is 59.8 Å². The molecule has 2 fully saturated rings. The van der Waals surface area contributed by atoms with Crippen molar-refractivity contribution < 1.29 is 24.0 Å². The van der Waals surface area contributed by atoms with Gasteiger partial charge in [0.05, 0.1) is 22.8 Å². The largest absolute Gasteiger partial charge is 0.385 e. The molecule has 0 unspecified atom stereocenters. The van der Waals surface area contributed by atoms with E-state index in [1.54, 1.807) is 7.11 Å². The predicted molar refractivity (Wildman–Crippen MR) is 123 cm³/mol. The maximum atomic E-state index is 13.8. The van der Waals surface area contributed by atoms with Gasteiger partial charge in [0.15, 0.2) is 5.78 Å². The minimum atomic E-state index is -0.897. The van der Waals surface area contributed by atoms with Gasteiger partial charge in [-0.1, -0.05) is 30.4 Å². The molecule has 9 nitrogen and oxygen atoms in total. The lowest BCUT2D eigenvalue weighted by atomic mass is 9.86. The molecule has 2 aromatic carbocycles. The molecule has 5 rings (SSSR count). The number of fused-ring (bicyclic) bond motifs is 5. The molecule has 3 heterocycles. The number of imide groups is 1. The predicted octanol–water partition coefficient (Wildman–Crippen LogP) is 2.70. The monoisotopic (exact) mass is 461 g/mol. The highest BCUT2D eigenvalue weighted by Crippen LogP contribution is 2.49. The highest BCUT2D eigenvalue weighted by atomic mass is 16.6. The average molecular weight is 461 g/mol. The quantitative estimate of drug-likeness (QED) is 0.205. The number of benzene rings is 2. The Morgan fingerprint density at radius 1 is 1.06 bits per heavy atom. The summed E-state index contributed by atoms with van der Waals surface area (Å²) < 4.78 is 5.06. The van der Waals surface area contributed by atoms with Gasteiger partial charge in [-0.05, 0) is 30.2 Å². The number of likely N-dealkylation sites (tertiary alicyclic amines) is 1. The van der Waals surface area contributed by atoms with Gasteiger partial charge in [-0.15, -0.1) is 0 Å². The van der Waals surface area contributed by atoms with Gasteiger partial charge in [0.1, 0.15) is 6.04 Å². The molecule has 0 spiro atoms. The molecule has 34 heavy (non-hydrogen) atoms. The standard InChI is InChI=1S/C25H23N3O6/c1-34-14-4-13-26-24(30)20-19-12-9-15-5-2-3-6-18(15)27(19)22(21(20)25(26)31)23(29)16-7-10-17(11-8-16)28(32)33/h2-3,5-12,19-22H,4,13-14H2,1H3/t19-,20+,21+,22-/m1/s1. The number of ether oxygens (including phenoxy) is 1. The van der Waals surface area contributed by atoms with Crippen LogP contribution in [0, 0.1) is 22.0 Å². The lowest BCUT2D eigenvalue weighted by Gasteiger charge is -2.36. The van der Waals surface area contributed by atoms with Crippen LogP contribution < -0.4 is 4.90 Å². The van der Waals surface area contributed by atoms with Crippen molar-refractivity contribution in [2.75, 3.05) is 25.2 Å². The van der Waals surface area contributed by atoms with Crippen LogP contribution in [0.15, 0.2) is 54.6 Å². The molecule has 3 aliphatic heterocycles. The van der Waals surface area contributed by atoms with Crippen molar-refractivity contribution in [2.24, 2.45) is 11.8 Å². The maximum absolute atomic E-state index is 13.8. The van der Waals surface area contributed by atoms with Crippen molar-refractivity contribution in [3.63, 3.8) is 0 Å². The van der Waals surface area contributed by atoms with Gasteiger partial charge in [-0.2, -0.15) is 0 Å².